The largest absolute Gasteiger partial charge is 0.296 e. The predicted molar refractivity (Wildman–Crippen MR) is 58.2 cm³/mol. The molecule has 0 amide bonds. The second-order valence-corrected chi connectivity index (χ2v) is 3.92. The van der Waals surface area contributed by atoms with Crippen molar-refractivity contribution in [2.45, 2.75) is 17.7 Å². The van der Waals surface area contributed by atoms with E-state index < -0.39 is 24.4 Å². The summed E-state index contributed by atoms with van der Waals surface area (Å²) in [6.45, 7) is 0. The van der Waals surface area contributed by atoms with Crippen LogP contribution in [-0.4, -0.2) is 24.2 Å². The van der Waals surface area contributed by atoms with Crippen LogP contribution in [0, 0.1) is 0 Å². The number of hydrogen-bond acceptors (Lipinski definition) is 3. The van der Waals surface area contributed by atoms with Crippen LogP contribution in [0.5, 0.6) is 0 Å². The Bertz CT molecular complexity index is 405. The van der Waals surface area contributed by atoms with E-state index in [4.69, 9.17) is 0 Å². The normalized spacial score (nSPS) is 10.5. The van der Waals surface area contributed by atoms with Crippen LogP contribution >= 0.6 is 11.8 Å². The molecule has 0 saturated carbocycles. The molecule has 0 aliphatic heterocycles. The third kappa shape index (κ3) is 3.13. The van der Waals surface area contributed by atoms with E-state index in [1.165, 1.54) is 17.8 Å². The average Bonchev–Trinajstić information content (AvgIpc) is 2.28. The van der Waals surface area contributed by atoms with Crippen molar-refractivity contribution in [3.8, 4) is 0 Å². The molecule has 0 heterocycles. The van der Waals surface area contributed by atoms with Gasteiger partial charge in [0.1, 0.15) is 0 Å². The number of carbonyl (C=O) groups is 2. The summed E-state index contributed by atoms with van der Waals surface area (Å²) in [5.74, 6) is -1.89. The second-order valence-electron chi connectivity index (χ2n) is 3.07. The summed E-state index contributed by atoms with van der Waals surface area (Å²) in [7, 11) is 0. The molecule has 0 fully saturated rings. The second kappa shape index (κ2) is 5.75. The van der Waals surface area contributed by atoms with Crippen molar-refractivity contribution >= 4 is 23.3 Å². The molecular weight excluding hydrogens is 234 g/mol. The van der Waals surface area contributed by atoms with Gasteiger partial charge in [-0.2, -0.15) is 0 Å². The molecule has 16 heavy (non-hydrogen) atoms. The first-order chi connectivity index (χ1) is 7.56. The molecule has 86 valence electrons. The van der Waals surface area contributed by atoms with E-state index in [9.17, 15) is 18.4 Å². The number of benzene rings is 1. The van der Waals surface area contributed by atoms with Crippen LogP contribution < -0.4 is 0 Å². The number of hydrogen-bond donors (Lipinski definition) is 0. The monoisotopic (exact) mass is 244 g/mol. The van der Waals surface area contributed by atoms with Gasteiger partial charge in [-0.15, -0.1) is 11.8 Å². The standard InChI is InChI=1S/C11H10F2O2S/c1-16-10-5-3-2-4-7(10)8(14)6-9(15)11(12)13/h2-5,11H,6H2,1H3. The number of halogens is 2. The van der Waals surface area contributed by atoms with Crippen LogP contribution in [0.15, 0.2) is 29.2 Å². The topological polar surface area (TPSA) is 34.1 Å². The zero-order valence-electron chi connectivity index (χ0n) is 8.57. The zero-order valence-corrected chi connectivity index (χ0v) is 9.39. The first-order valence-electron chi connectivity index (χ1n) is 4.53. The van der Waals surface area contributed by atoms with Gasteiger partial charge in [0.05, 0.1) is 6.42 Å². The Kier molecular flexibility index (Phi) is 4.61. The van der Waals surface area contributed by atoms with E-state index in [2.05, 4.69) is 0 Å². The molecule has 1 rings (SSSR count). The van der Waals surface area contributed by atoms with Crippen LogP contribution in [0.4, 0.5) is 8.78 Å². The molecule has 0 spiro atoms. The van der Waals surface area contributed by atoms with Crippen molar-refractivity contribution in [3.63, 3.8) is 0 Å². The Morgan fingerprint density at radius 2 is 1.94 bits per heavy atom. The SMILES string of the molecule is CSc1ccccc1C(=O)CC(=O)C(F)F. The van der Waals surface area contributed by atoms with Gasteiger partial charge < -0.3 is 0 Å². The van der Waals surface area contributed by atoms with E-state index in [1.807, 2.05) is 0 Å². The lowest BCUT2D eigenvalue weighted by Gasteiger charge is -2.05. The van der Waals surface area contributed by atoms with Gasteiger partial charge in [0, 0.05) is 10.5 Å². The maximum absolute atomic E-state index is 12.0. The number of carbonyl (C=O) groups excluding carboxylic acids is 2. The number of thioether (sulfide) groups is 1. The summed E-state index contributed by atoms with van der Waals surface area (Å²) in [5.41, 5.74) is 0.323. The van der Waals surface area contributed by atoms with Gasteiger partial charge >= 0.3 is 0 Å². The van der Waals surface area contributed by atoms with Crippen molar-refractivity contribution in [2.24, 2.45) is 0 Å². The van der Waals surface area contributed by atoms with Crippen LogP contribution in [0.3, 0.4) is 0 Å². The quantitative estimate of drug-likeness (QED) is 0.454. The summed E-state index contributed by atoms with van der Waals surface area (Å²) < 4.78 is 24.0. The van der Waals surface area contributed by atoms with Crippen molar-refractivity contribution in [1.82, 2.24) is 0 Å². The Morgan fingerprint density at radius 1 is 1.31 bits per heavy atom. The fourth-order valence-corrected chi connectivity index (χ4v) is 1.82. The lowest BCUT2D eigenvalue weighted by atomic mass is 10.1. The summed E-state index contributed by atoms with van der Waals surface area (Å²) >= 11 is 1.34. The number of Topliss-reactive ketones (excluding diaryl/α,β-unsaturated/α-hetero) is 2. The van der Waals surface area contributed by atoms with Gasteiger partial charge in [0.2, 0.25) is 5.78 Å². The van der Waals surface area contributed by atoms with Crippen molar-refractivity contribution in [3.05, 3.63) is 29.8 Å². The van der Waals surface area contributed by atoms with E-state index in [0.29, 0.717) is 10.5 Å². The van der Waals surface area contributed by atoms with Crippen LogP contribution in [0.25, 0.3) is 0 Å². The summed E-state index contributed by atoms with van der Waals surface area (Å²) in [6, 6.07) is 6.63. The smallest absolute Gasteiger partial charge is 0.294 e. The van der Waals surface area contributed by atoms with Crippen molar-refractivity contribution in [1.29, 1.82) is 0 Å². The minimum absolute atomic E-state index is 0.323. The van der Waals surface area contributed by atoms with Crippen LogP contribution in [-0.2, 0) is 4.79 Å². The highest BCUT2D eigenvalue weighted by Crippen LogP contribution is 2.21. The molecule has 1 aromatic carbocycles. The molecule has 0 radical (unpaired) electrons. The van der Waals surface area contributed by atoms with E-state index in [1.54, 1.807) is 24.5 Å². The number of ketones is 2. The van der Waals surface area contributed by atoms with Gasteiger partial charge in [-0.3, -0.25) is 9.59 Å². The van der Waals surface area contributed by atoms with E-state index in [-0.39, 0.29) is 0 Å². The predicted octanol–water partition coefficient (Wildman–Crippen LogP) is 2.82. The third-order valence-corrected chi connectivity index (χ3v) is 2.78. The minimum Gasteiger partial charge on any atom is -0.294 e. The highest BCUT2D eigenvalue weighted by molar-refractivity contribution is 7.98. The molecule has 1 aromatic rings. The maximum Gasteiger partial charge on any atom is 0.296 e. The minimum atomic E-state index is -3.08. The van der Waals surface area contributed by atoms with E-state index >= 15 is 0 Å². The van der Waals surface area contributed by atoms with Gasteiger partial charge in [-0.05, 0) is 12.3 Å². The molecule has 0 aromatic heterocycles. The molecule has 0 saturated heterocycles. The van der Waals surface area contributed by atoms with Gasteiger partial charge in [0.15, 0.2) is 5.78 Å². The lowest BCUT2D eigenvalue weighted by Crippen LogP contribution is -2.15. The fraction of sp³-hybridized carbons (Fsp3) is 0.273. The third-order valence-electron chi connectivity index (χ3n) is 1.99. The highest BCUT2D eigenvalue weighted by atomic mass is 32.2. The molecule has 0 bridgehead atoms. The van der Waals surface area contributed by atoms with Crippen molar-refractivity contribution < 1.29 is 18.4 Å². The number of alkyl halides is 2. The highest BCUT2D eigenvalue weighted by Gasteiger charge is 2.21. The molecule has 5 heteroatoms. The number of rotatable bonds is 5. The van der Waals surface area contributed by atoms with Crippen molar-refractivity contribution in [2.75, 3.05) is 6.26 Å². The first kappa shape index (κ1) is 12.8. The molecule has 2 nitrogen and oxygen atoms in total. The molecule has 0 aliphatic rings. The summed E-state index contributed by atoms with van der Waals surface area (Å²) in [6.07, 6.45) is -2.04. The Morgan fingerprint density at radius 3 is 2.50 bits per heavy atom. The van der Waals surface area contributed by atoms with Gasteiger partial charge in [-0.25, -0.2) is 8.78 Å². The lowest BCUT2D eigenvalue weighted by molar-refractivity contribution is -0.128. The molecular formula is C11H10F2O2S. The Balaban J connectivity index is 2.84. The van der Waals surface area contributed by atoms with E-state index in [0.717, 1.165) is 0 Å². The maximum atomic E-state index is 12.0. The van der Waals surface area contributed by atoms with Gasteiger partial charge in [0.25, 0.3) is 6.43 Å². The average molecular weight is 244 g/mol. The van der Waals surface area contributed by atoms with Gasteiger partial charge in [-0.1, -0.05) is 18.2 Å². The molecule has 0 unspecified atom stereocenters. The molecule has 0 N–H and O–H groups in total. The first-order valence-corrected chi connectivity index (χ1v) is 5.75. The Hall–Kier alpha value is -1.23. The summed E-state index contributed by atoms with van der Waals surface area (Å²) in [4.78, 5) is 23.0. The Labute approximate surface area is 96.0 Å². The molecule has 0 atom stereocenters. The zero-order chi connectivity index (χ0) is 12.1. The summed E-state index contributed by atoms with van der Waals surface area (Å²) in [5, 5.41) is 0. The van der Waals surface area contributed by atoms with Crippen LogP contribution in [0.1, 0.15) is 16.8 Å². The molecule has 0 aliphatic carbocycles. The van der Waals surface area contributed by atoms with Crippen LogP contribution in [0.2, 0.25) is 0 Å². The fourth-order valence-electron chi connectivity index (χ4n) is 1.21.